The van der Waals surface area contributed by atoms with Gasteiger partial charge < -0.3 is 10.6 Å². The molecular weight excluding hydrogens is 300 g/mol. The second-order valence-electron chi connectivity index (χ2n) is 4.90. The predicted molar refractivity (Wildman–Crippen MR) is 86.9 cm³/mol. The Morgan fingerprint density at radius 2 is 2.05 bits per heavy atom. The van der Waals surface area contributed by atoms with Gasteiger partial charge >= 0.3 is 5.97 Å². The van der Waals surface area contributed by atoms with E-state index in [1.165, 1.54) is 16.4 Å². The molecule has 1 aromatic heterocycles. The van der Waals surface area contributed by atoms with Crippen molar-refractivity contribution < 1.29 is 9.53 Å². The van der Waals surface area contributed by atoms with Gasteiger partial charge in [-0.2, -0.15) is 0 Å². The molecule has 0 saturated heterocycles. The Bertz CT molecular complexity index is 625. The summed E-state index contributed by atoms with van der Waals surface area (Å²) >= 11 is 1.22. The number of carbonyl (C=O) groups is 1. The SMILES string of the molecule is CCCCOC(=O)CSc1nnc(-c2ccc(C)cc2)n1N. The van der Waals surface area contributed by atoms with E-state index in [1.54, 1.807) is 0 Å². The first-order chi connectivity index (χ1) is 10.6. The Morgan fingerprint density at radius 1 is 1.32 bits per heavy atom. The van der Waals surface area contributed by atoms with E-state index in [1.807, 2.05) is 38.1 Å². The molecule has 118 valence electrons. The van der Waals surface area contributed by atoms with Crippen molar-refractivity contribution in [3.05, 3.63) is 29.8 Å². The molecule has 0 radical (unpaired) electrons. The highest BCUT2D eigenvalue weighted by molar-refractivity contribution is 7.99. The van der Waals surface area contributed by atoms with Crippen molar-refractivity contribution in [3.63, 3.8) is 0 Å². The summed E-state index contributed by atoms with van der Waals surface area (Å²) in [6.45, 7) is 4.52. The summed E-state index contributed by atoms with van der Waals surface area (Å²) < 4.78 is 6.49. The van der Waals surface area contributed by atoms with Crippen molar-refractivity contribution in [2.24, 2.45) is 0 Å². The third kappa shape index (κ3) is 4.24. The van der Waals surface area contributed by atoms with Crippen LogP contribution >= 0.6 is 11.8 Å². The standard InChI is InChI=1S/C15H20N4O2S/c1-3-4-9-21-13(20)10-22-15-18-17-14(19(15)16)12-7-5-11(2)6-8-12/h5-8H,3-4,9-10,16H2,1-2H3. The van der Waals surface area contributed by atoms with Gasteiger partial charge in [-0.3, -0.25) is 4.79 Å². The number of nitrogens with two attached hydrogens (primary N) is 1. The minimum atomic E-state index is -0.265. The van der Waals surface area contributed by atoms with Gasteiger partial charge in [-0.15, -0.1) is 10.2 Å². The van der Waals surface area contributed by atoms with Crippen LogP contribution in [0.5, 0.6) is 0 Å². The number of esters is 1. The molecule has 22 heavy (non-hydrogen) atoms. The van der Waals surface area contributed by atoms with Crippen LogP contribution < -0.4 is 5.84 Å². The van der Waals surface area contributed by atoms with Gasteiger partial charge in [0.1, 0.15) is 0 Å². The van der Waals surface area contributed by atoms with E-state index in [2.05, 4.69) is 10.2 Å². The van der Waals surface area contributed by atoms with Crippen molar-refractivity contribution in [1.29, 1.82) is 0 Å². The summed E-state index contributed by atoms with van der Waals surface area (Å²) in [6, 6.07) is 7.86. The van der Waals surface area contributed by atoms with Gasteiger partial charge in [0, 0.05) is 5.56 Å². The normalized spacial score (nSPS) is 10.6. The highest BCUT2D eigenvalue weighted by Crippen LogP contribution is 2.21. The molecule has 0 saturated carbocycles. The van der Waals surface area contributed by atoms with Gasteiger partial charge in [-0.1, -0.05) is 54.9 Å². The van der Waals surface area contributed by atoms with E-state index >= 15 is 0 Å². The zero-order valence-electron chi connectivity index (χ0n) is 12.8. The zero-order chi connectivity index (χ0) is 15.9. The minimum Gasteiger partial charge on any atom is -0.465 e. The molecule has 0 amide bonds. The van der Waals surface area contributed by atoms with Gasteiger partial charge in [-0.05, 0) is 13.3 Å². The Hall–Kier alpha value is -2.02. The second kappa shape index (κ2) is 7.84. The molecule has 0 unspecified atom stereocenters. The number of aromatic nitrogens is 3. The summed E-state index contributed by atoms with van der Waals surface area (Å²) in [7, 11) is 0. The molecule has 2 N–H and O–H groups in total. The number of nitrogen functional groups attached to an aromatic ring is 1. The second-order valence-corrected chi connectivity index (χ2v) is 5.85. The van der Waals surface area contributed by atoms with Crippen LogP contribution in [0, 0.1) is 6.92 Å². The number of thioether (sulfide) groups is 1. The lowest BCUT2D eigenvalue weighted by Crippen LogP contribution is -2.13. The third-order valence-corrected chi connectivity index (χ3v) is 3.97. The van der Waals surface area contributed by atoms with Crippen molar-refractivity contribution in [2.45, 2.75) is 31.8 Å². The number of ether oxygens (including phenoxy) is 1. The molecule has 1 aromatic carbocycles. The van der Waals surface area contributed by atoms with Crippen molar-refractivity contribution in [2.75, 3.05) is 18.2 Å². The van der Waals surface area contributed by atoms with Crippen molar-refractivity contribution in [3.8, 4) is 11.4 Å². The van der Waals surface area contributed by atoms with Crippen LogP contribution in [0.3, 0.4) is 0 Å². The first kappa shape index (κ1) is 16.4. The maximum absolute atomic E-state index is 11.6. The fraction of sp³-hybridized carbons (Fsp3) is 0.400. The van der Waals surface area contributed by atoms with Crippen molar-refractivity contribution >= 4 is 17.7 Å². The minimum absolute atomic E-state index is 0.174. The Morgan fingerprint density at radius 3 is 2.73 bits per heavy atom. The average Bonchev–Trinajstić information content (AvgIpc) is 2.87. The quantitative estimate of drug-likeness (QED) is 0.365. The molecule has 0 aliphatic heterocycles. The molecule has 2 rings (SSSR count). The summed E-state index contributed by atoms with van der Waals surface area (Å²) in [5.41, 5.74) is 2.05. The maximum atomic E-state index is 11.6. The number of benzene rings is 1. The zero-order valence-corrected chi connectivity index (χ0v) is 13.6. The summed E-state index contributed by atoms with van der Waals surface area (Å²) in [4.78, 5) is 11.6. The molecule has 1 heterocycles. The van der Waals surface area contributed by atoms with Gasteiger partial charge in [0.05, 0.1) is 12.4 Å². The number of rotatable bonds is 7. The lowest BCUT2D eigenvalue weighted by atomic mass is 10.1. The molecule has 0 bridgehead atoms. The smallest absolute Gasteiger partial charge is 0.316 e. The fourth-order valence-corrected chi connectivity index (χ4v) is 2.42. The highest BCUT2D eigenvalue weighted by Gasteiger charge is 2.14. The lowest BCUT2D eigenvalue weighted by molar-refractivity contribution is -0.140. The van der Waals surface area contributed by atoms with E-state index in [9.17, 15) is 4.79 Å². The van der Waals surface area contributed by atoms with Crippen LogP contribution in [0.15, 0.2) is 29.4 Å². The van der Waals surface area contributed by atoms with E-state index in [-0.39, 0.29) is 11.7 Å². The molecule has 2 aromatic rings. The first-order valence-corrected chi connectivity index (χ1v) is 8.16. The topological polar surface area (TPSA) is 83.0 Å². The predicted octanol–water partition coefficient (Wildman–Crippen LogP) is 2.40. The number of hydrogen-bond acceptors (Lipinski definition) is 6. The van der Waals surface area contributed by atoms with E-state index < -0.39 is 0 Å². The summed E-state index contributed by atoms with van der Waals surface area (Å²) in [5.74, 6) is 6.48. The fourth-order valence-electron chi connectivity index (χ4n) is 1.77. The molecule has 0 aliphatic carbocycles. The molecule has 6 nitrogen and oxygen atoms in total. The van der Waals surface area contributed by atoms with Gasteiger partial charge in [0.25, 0.3) is 0 Å². The van der Waals surface area contributed by atoms with Crippen LogP contribution in [0.1, 0.15) is 25.3 Å². The number of aryl methyl sites for hydroxylation is 1. The number of unbranched alkanes of at least 4 members (excludes halogenated alkanes) is 1. The molecule has 7 heteroatoms. The van der Waals surface area contributed by atoms with E-state index in [4.69, 9.17) is 10.6 Å². The molecule has 0 aliphatic rings. The Balaban J connectivity index is 1.96. The lowest BCUT2D eigenvalue weighted by Gasteiger charge is -2.05. The molecule has 0 spiro atoms. The van der Waals surface area contributed by atoms with Crippen molar-refractivity contribution in [1.82, 2.24) is 14.9 Å². The monoisotopic (exact) mass is 320 g/mol. The number of carbonyl (C=O) groups excluding carboxylic acids is 1. The molecule has 0 fully saturated rings. The van der Waals surface area contributed by atoms with Crippen LogP contribution in [0.2, 0.25) is 0 Å². The van der Waals surface area contributed by atoms with E-state index in [0.717, 1.165) is 24.0 Å². The van der Waals surface area contributed by atoms with Crippen LogP contribution in [0.25, 0.3) is 11.4 Å². The average molecular weight is 320 g/mol. The van der Waals surface area contributed by atoms with Crippen LogP contribution in [0.4, 0.5) is 0 Å². The molecular formula is C15H20N4O2S. The van der Waals surface area contributed by atoms with Crippen LogP contribution in [-0.4, -0.2) is 33.2 Å². The maximum Gasteiger partial charge on any atom is 0.316 e. The first-order valence-electron chi connectivity index (χ1n) is 7.17. The van der Waals surface area contributed by atoms with Gasteiger partial charge in [-0.25, -0.2) is 4.68 Å². The number of nitrogens with zero attached hydrogens (tertiary/aromatic N) is 3. The van der Waals surface area contributed by atoms with E-state index in [0.29, 0.717) is 17.6 Å². The Kier molecular flexibility index (Phi) is 5.83. The summed E-state index contributed by atoms with van der Waals surface area (Å²) in [6.07, 6.45) is 1.87. The largest absolute Gasteiger partial charge is 0.465 e. The molecule has 0 atom stereocenters. The highest BCUT2D eigenvalue weighted by atomic mass is 32.2. The number of hydrogen-bond donors (Lipinski definition) is 1. The van der Waals surface area contributed by atoms with Gasteiger partial charge in [0.15, 0.2) is 5.82 Å². The third-order valence-electron chi connectivity index (χ3n) is 3.05. The van der Waals surface area contributed by atoms with Crippen LogP contribution in [-0.2, 0) is 9.53 Å². The Labute approximate surface area is 134 Å². The summed E-state index contributed by atoms with van der Waals surface area (Å²) in [5, 5.41) is 8.60. The van der Waals surface area contributed by atoms with Gasteiger partial charge in [0.2, 0.25) is 5.16 Å².